The lowest BCUT2D eigenvalue weighted by Crippen LogP contribution is -2.27. The van der Waals surface area contributed by atoms with Crippen LogP contribution < -0.4 is 5.56 Å². The topological polar surface area (TPSA) is 108 Å². The highest BCUT2D eigenvalue weighted by Gasteiger charge is 2.27. The molecule has 0 unspecified atom stereocenters. The number of ether oxygens (including phenoxy) is 2. The molecule has 158 valence electrons. The van der Waals surface area contributed by atoms with E-state index in [-0.39, 0.29) is 36.8 Å². The maximum absolute atomic E-state index is 12.4. The van der Waals surface area contributed by atoms with Crippen LogP contribution in [0.25, 0.3) is 10.9 Å². The maximum atomic E-state index is 12.4. The number of esters is 2. The van der Waals surface area contributed by atoms with E-state index in [0.29, 0.717) is 28.9 Å². The first-order valence-corrected chi connectivity index (χ1v) is 10.3. The minimum Gasteiger partial charge on any atom is -0.466 e. The first kappa shape index (κ1) is 21.6. The standard InChI is InChI=1S/C20H21N3O6S/c1-28-19(26)11-17-23(16(24)12-30-17)8-4-10-29-18(25)7-9-22-13-21-15-6-3-2-5-14(15)20(22)27/h2-3,5-6,11,13H,4,7-10,12H2,1H3/b17-11+. The van der Waals surface area contributed by atoms with Crippen LogP contribution in [-0.4, -0.2) is 58.3 Å². The second-order valence-electron chi connectivity index (χ2n) is 6.42. The van der Waals surface area contributed by atoms with Gasteiger partial charge in [0, 0.05) is 13.1 Å². The lowest BCUT2D eigenvalue weighted by Gasteiger charge is -2.16. The average molecular weight is 431 g/mol. The van der Waals surface area contributed by atoms with Gasteiger partial charge < -0.3 is 14.4 Å². The molecule has 0 bridgehead atoms. The van der Waals surface area contributed by atoms with E-state index in [0.717, 1.165) is 0 Å². The number of hydrogen-bond donors (Lipinski definition) is 0. The minimum absolute atomic E-state index is 0.0336. The van der Waals surface area contributed by atoms with Crippen molar-refractivity contribution in [2.75, 3.05) is 26.0 Å². The summed E-state index contributed by atoms with van der Waals surface area (Å²) in [5, 5.41) is 1.03. The fourth-order valence-electron chi connectivity index (χ4n) is 2.89. The second-order valence-corrected chi connectivity index (χ2v) is 7.42. The van der Waals surface area contributed by atoms with Crippen LogP contribution in [0.15, 0.2) is 46.5 Å². The second kappa shape index (κ2) is 10.1. The van der Waals surface area contributed by atoms with Gasteiger partial charge in [-0.05, 0) is 18.6 Å². The molecule has 2 heterocycles. The van der Waals surface area contributed by atoms with Gasteiger partial charge in [0.25, 0.3) is 5.56 Å². The van der Waals surface area contributed by atoms with Gasteiger partial charge in [0.15, 0.2) is 0 Å². The molecule has 10 heteroatoms. The van der Waals surface area contributed by atoms with E-state index in [2.05, 4.69) is 9.72 Å². The first-order chi connectivity index (χ1) is 14.5. The smallest absolute Gasteiger partial charge is 0.333 e. The third-order valence-electron chi connectivity index (χ3n) is 4.43. The molecule has 1 fully saturated rings. The Hall–Kier alpha value is -3.14. The van der Waals surface area contributed by atoms with Crippen molar-refractivity contribution in [2.24, 2.45) is 0 Å². The summed E-state index contributed by atoms with van der Waals surface area (Å²) in [5.74, 6) is -0.814. The van der Waals surface area contributed by atoms with Gasteiger partial charge in [-0.3, -0.25) is 19.0 Å². The fourth-order valence-corrected chi connectivity index (χ4v) is 3.84. The van der Waals surface area contributed by atoms with Crippen molar-refractivity contribution >= 4 is 40.5 Å². The molecule has 0 radical (unpaired) electrons. The molecule has 1 aromatic carbocycles. The van der Waals surface area contributed by atoms with Crippen molar-refractivity contribution in [1.29, 1.82) is 0 Å². The molecule has 1 saturated heterocycles. The Balaban J connectivity index is 1.45. The summed E-state index contributed by atoms with van der Waals surface area (Å²) in [4.78, 5) is 53.4. The Kier molecular flexibility index (Phi) is 7.23. The number of methoxy groups -OCH3 is 1. The molecule has 0 atom stereocenters. The Morgan fingerprint density at radius 2 is 2.03 bits per heavy atom. The molecule has 0 aliphatic carbocycles. The summed E-state index contributed by atoms with van der Waals surface area (Å²) in [6, 6.07) is 7.02. The van der Waals surface area contributed by atoms with E-state index in [9.17, 15) is 19.2 Å². The van der Waals surface area contributed by atoms with E-state index in [1.165, 1.54) is 40.7 Å². The lowest BCUT2D eigenvalue weighted by molar-refractivity contribution is -0.144. The number of aromatic nitrogens is 2. The van der Waals surface area contributed by atoms with Crippen molar-refractivity contribution in [2.45, 2.75) is 19.4 Å². The molecule has 1 aliphatic heterocycles. The predicted molar refractivity (Wildman–Crippen MR) is 110 cm³/mol. The van der Waals surface area contributed by atoms with Gasteiger partial charge in [0.2, 0.25) is 5.91 Å². The van der Waals surface area contributed by atoms with Crippen molar-refractivity contribution in [3.8, 4) is 0 Å². The average Bonchev–Trinajstić information content (AvgIpc) is 3.09. The number of benzene rings is 1. The predicted octanol–water partition coefficient (Wildman–Crippen LogP) is 1.31. The molecular formula is C20H21N3O6S. The van der Waals surface area contributed by atoms with Crippen molar-refractivity contribution < 1.29 is 23.9 Å². The number of fused-ring (bicyclic) bond motifs is 1. The summed E-state index contributed by atoms with van der Waals surface area (Å²) in [6.07, 6.45) is 3.15. The van der Waals surface area contributed by atoms with Crippen LogP contribution >= 0.6 is 11.8 Å². The largest absolute Gasteiger partial charge is 0.466 e. The summed E-state index contributed by atoms with van der Waals surface area (Å²) in [7, 11) is 1.27. The Bertz CT molecular complexity index is 1050. The highest BCUT2D eigenvalue weighted by molar-refractivity contribution is 8.04. The Morgan fingerprint density at radius 1 is 1.23 bits per heavy atom. The van der Waals surface area contributed by atoms with Gasteiger partial charge in [0.05, 0.1) is 54.2 Å². The van der Waals surface area contributed by atoms with Crippen LogP contribution in [0.4, 0.5) is 0 Å². The molecule has 30 heavy (non-hydrogen) atoms. The van der Waals surface area contributed by atoms with Crippen molar-refractivity contribution in [3.63, 3.8) is 0 Å². The van der Waals surface area contributed by atoms with Crippen LogP contribution in [0.5, 0.6) is 0 Å². The van der Waals surface area contributed by atoms with Gasteiger partial charge in [-0.1, -0.05) is 23.9 Å². The number of hydrogen-bond acceptors (Lipinski definition) is 8. The van der Waals surface area contributed by atoms with Gasteiger partial charge in [-0.15, -0.1) is 0 Å². The lowest BCUT2D eigenvalue weighted by atomic mass is 10.2. The first-order valence-electron chi connectivity index (χ1n) is 9.32. The monoisotopic (exact) mass is 431 g/mol. The molecule has 2 aromatic rings. The Labute approximate surface area is 176 Å². The Morgan fingerprint density at radius 3 is 2.83 bits per heavy atom. The van der Waals surface area contributed by atoms with Crippen LogP contribution in [0.3, 0.4) is 0 Å². The summed E-state index contributed by atoms with van der Waals surface area (Å²) in [6.45, 7) is 0.627. The molecule has 0 spiro atoms. The number of para-hydroxylation sites is 1. The van der Waals surface area contributed by atoms with Gasteiger partial charge in [-0.2, -0.15) is 0 Å². The number of rotatable bonds is 8. The number of thioether (sulfide) groups is 1. The van der Waals surface area contributed by atoms with Crippen LogP contribution in [0, 0.1) is 0 Å². The molecule has 9 nitrogen and oxygen atoms in total. The molecule has 3 rings (SSSR count). The zero-order valence-electron chi connectivity index (χ0n) is 16.4. The molecule has 0 N–H and O–H groups in total. The molecular weight excluding hydrogens is 410 g/mol. The number of carbonyl (C=O) groups is 3. The number of carbonyl (C=O) groups excluding carboxylic acids is 3. The molecule has 0 saturated carbocycles. The van der Waals surface area contributed by atoms with E-state index in [1.54, 1.807) is 24.3 Å². The highest BCUT2D eigenvalue weighted by Crippen LogP contribution is 2.28. The van der Waals surface area contributed by atoms with E-state index >= 15 is 0 Å². The molecule has 1 aliphatic rings. The van der Waals surface area contributed by atoms with Gasteiger partial charge in [0.1, 0.15) is 0 Å². The number of aryl methyl sites for hydroxylation is 1. The molecule has 1 aromatic heterocycles. The van der Waals surface area contributed by atoms with Crippen molar-refractivity contribution in [1.82, 2.24) is 14.5 Å². The van der Waals surface area contributed by atoms with Crippen LogP contribution in [0.1, 0.15) is 12.8 Å². The number of amides is 1. The zero-order valence-corrected chi connectivity index (χ0v) is 17.2. The maximum Gasteiger partial charge on any atom is 0.333 e. The van der Waals surface area contributed by atoms with Gasteiger partial charge in [-0.25, -0.2) is 9.78 Å². The number of nitrogens with zero attached hydrogens (tertiary/aromatic N) is 3. The SMILES string of the molecule is COC(=O)/C=C1/SCC(=O)N1CCCOC(=O)CCn1cnc2ccccc2c1=O. The molecule has 1 amide bonds. The zero-order chi connectivity index (χ0) is 21.5. The van der Waals surface area contributed by atoms with Crippen LogP contribution in [0.2, 0.25) is 0 Å². The van der Waals surface area contributed by atoms with Crippen molar-refractivity contribution in [3.05, 3.63) is 52.1 Å². The fraction of sp³-hybridized carbons (Fsp3) is 0.350. The van der Waals surface area contributed by atoms with Gasteiger partial charge >= 0.3 is 11.9 Å². The third-order valence-corrected chi connectivity index (χ3v) is 5.46. The summed E-state index contributed by atoms with van der Waals surface area (Å²) >= 11 is 1.27. The van der Waals surface area contributed by atoms with E-state index < -0.39 is 11.9 Å². The quantitative estimate of drug-likeness (QED) is 0.350. The normalized spacial score (nSPS) is 15.0. The van der Waals surface area contributed by atoms with E-state index in [1.807, 2.05) is 0 Å². The minimum atomic E-state index is -0.526. The van der Waals surface area contributed by atoms with Crippen LogP contribution in [-0.2, 0) is 30.4 Å². The highest BCUT2D eigenvalue weighted by atomic mass is 32.2. The third kappa shape index (κ3) is 5.26. The summed E-state index contributed by atoms with van der Waals surface area (Å²) in [5.41, 5.74) is 0.403. The summed E-state index contributed by atoms with van der Waals surface area (Å²) < 4.78 is 11.2. The van der Waals surface area contributed by atoms with E-state index in [4.69, 9.17) is 4.74 Å².